The minimum Gasteiger partial charge on any atom is -0.369 e. The fraction of sp³-hybridized carbons (Fsp3) is 0.312. The second-order valence-electron chi connectivity index (χ2n) is 5.10. The van der Waals surface area contributed by atoms with Crippen molar-refractivity contribution in [2.24, 2.45) is 0 Å². The van der Waals surface area contributed by atoms with Gasteiger partial charge in [0.1, 0.15) is 0 Å². The average molecular weight is 332 g/mol. The number of rotatable bonds is 3. The number of aromatic nitrogens is 1. The van der Waals surface area contributed by atoms with E-state index in [9.17, 15) is 0 Å². The summed E-state index contributed by atoms with van der Waals surface area (Å²) in [6.07, 6.45) is 3.73. The summed E-state index contributed by atoms with van der Waals surface area (Å²) in [5.41, 5.74) is 2.66. The summed E-state index contributed by atoms with van der Waals surface area (Å²) in [6.45, 7) is 5.43. The third-order valence-corrected chi connectivity index (χ3v) is 4.25. The molecule has 4 heteroatoms. The van der Waals surface area contributed by atoms with Gasteiger partial charge in [-0.1, -0.05) is 28.1 Å². The Bertz CT molecular complexity index is 533. The Kier molecular flexibility index (Phi) is 4.33. The third kappa shape index (κ3) is 3.38. The van der Waals surface area contributed by atoms with Crippen LogP contribution < -0.4 is 4.90 Å². The zero-order valence-electron chi connectivity index (χ0n) is 11.4. The van der Waals surface area contributed by atoms with Crippen LogP contribution in [0.3, 0.4) is 0 Å². The van der Waals surface area contributed by atoms with Crippen LogP contribution in [0.4, 0.5) is 5.69 Å². The third-order valence-electron chi connectivity index (χ3n) is 3.72. The van der Waals surface area contributed by atoms with Gasteiger partial charge in [0.2, 0.25) is 0 Å². The molecule has 1 aliphatic heterocycles. The molecular formula is C16H18BrN3. The fourth-order valence-corrected chi connectivity index (χ4v) is 2.83. The number of halogens is 1. The first-order valence-corrected chi connectivity index (χ1v) is 7.72. The van der Waals surface area contributed by atoms with Gasteiger partial charge in [-0.3, -0.25) is 9.88 Å². The minimum absolute atomic E-state index is 1.04. The van der Waals surface area contributed by atoms with E-state index in [4.69, 9.17) is 0 Å². The van der Waals surface area contributed by atoms with Crippen molar-refractivity contribution in [1.82, 2.24) is 9.88 Å². The molecular weight excluding hydrogens is 314 g/mol. The van der Waals surface area contributed by atoms with E-state index >= 15 is 0 Å². The molecule has 2 heterocycles. The number of nitrogens with zero attached hydrogens (tertiary/aromatic N) is 3. The summed E-state index contributed by atoms with van der Waals surface area (Å²) in [4.78, 5) is 9.02. The highest BCUT2D eigenvalue weighted by Gasteiger charge is 2.17. The molecule has 0 aliphatic carbocycles. The van der Waals surface area contributed by atoms with E-state index in [1.54, 1.807) is 0 Å². The molecule has 1 aromatic heterocycles. The van der Waals surface area contributed by atoms with Gasteiger partial charge in [0.25, 0.3) is 0 Å². The van der Waals surface area contributed by atoms with Gasteiger partial charge in [0, 0.05) is 55.3 Å². The topological polar surface area (TPSA) is 19.4 Å². The predicted octanol–water partition coefficient (Wildman–Crippen LogP) is 3.17. The van der Waals surface area contributed by atoms with E-state index in [2.05, 4.69) is 67.1 Å². The molecule has 2 aromatic rings. The minimum atomic E-state index is 1.04. The van der Waals surface area contributed by atoms with Crippen molar-refractivity contribution in [3.8, 4) is 0 Å². The molecule has 20 heavy (non-hydrogen) atoms. The molecule has 0 unspecified atom stereocenters. The summed E-state index contributed by atoms with van der Waals surface area (Å²) in [7, 11) is 0. The van der Waals surface area contributed by atoms with E-state index in [0.29, 0.717) is 0 Å². The maximum atomic E-state index is 4.08. The van der Waals surface area contributed by atoms with Crippen molar-refractivity contribution in [2.45, 2.75) is 6.54 Å². The molecule has 1 saturated heterocycles. The Morgan fingerprint density at radius 3 is 2.20 bits per heavy atom. The predicted molar refractivity (Wildman–Crippen MR) is 85.9 cm³/mol. The van der Waals surface area contributed by atoms with Crippen LogP contribution in [-0.4, -0.2) is 36.1 Å². The second kappa shape index (κ2) is 6.37. The molecule has 1 aliphatic rings. The van der Waals surface area contributed by atoms with Crippen molar-refractivity contribution < 1.29 is 0 Å². The number of anilines is 1. The second-order valence-corrected chi connectivity index (χ2v) is 6.01. The van der Waals surface area contributed by atoms with Gasteiger partial charge in [-0.2, -0.15) is 0 Å². The standard InChI is InChI=1S/C16H18BrN3/c17-15-3-1-14(2-4-15)13-19-9-11-20(12-10-19)16-5-7-18-8-6-16/h1-8H,9-13H2. The van der Waals surface area contributed by atoms with Crippen LogP contribution in [0.15, 0.2) is 53.3 Å². The summed E-state index contributed by atoms with van der Waals surface area (Å²) in [5, 5.41) is 0. The maximum absolute atomic E-state index is 4.08. The summed E-state index contributed by atoms with van der Waals surface area (Å²) < 4.78 is 1.14. The number of piperazine rings is 1. The number of hydrogen-bond acceptors (Lipinski definition) is 3. The Morgan fingerprint density at radius 1 is 0.900 bits per heavy atom. The Morgan fingerprint density at radius 2 is 1.55 bits per heavy atom. The van der Waals surface area contributed by atoms with Crippen molar-refractivity contribution in [2.75, 3.05) is 31.1 Å². The molecule has 3 rings (SSSR count). The summed E-state index contributed by atoms with van der Waals surface area (Å²) in [5.74, 6) is 0. The molecule has 0 bridgehead atoms. The van der Waals surface area contributed by atoms with Gasteiger partial charge in [0.05, 0.1) is 0 Å². The summed E-state index contributed by atoms with van der Waals surface area (Å²) in [6, 6.07) is 12.8. The smallest absolute Gasteiger partial charge is 0.0397 e. The first kappa shape index (κ1) is 13.6. The van der Waals surface area contributed by atoms with Crippen molar-refractivity contribution >= 4 is 21.6 Å². The molecule has 0 amide bonds. The van der Waals surface area contributed by atoms with Gasteiger partial charge < -0.3 is 4.90 Å². The number of benzene rings is 1. The first-order valence-electron chi connectivity index (χ1n) is 6.93. The zero-order chi connectivity index (χ0) is 13.8. The van der Waals surface area contributed by atoms with Gasteiger partial charge in [-0.05, 0) is 29.8 Å². The number of hydrogen-bond donors (Lipinski definition) is 0. The average Bonchev–Trinajstić information content (AvgIpc) is 2.51. The molecule has 0 saturated carbocycles. The first-order chi connectivity index (χ1) is 9.81. The summed E-state index contributed by atoms with van der Waals surface area (Å²) >= 11 is 3.48. The lowest BCUT2D eigenvalue weighted by Crippen LogP contribution is -2.45. The van der Waals surface area contributed by atoms with Crippen LogP contribution in [-0.2, 0) is 6.54 Å². The maximum Gasteiger partial charge on any atom is 0.0397 e. The SMILES string of the molecule is Brc1ccc(CN2CCN(c3ccncc3)CC2)cc1. The van der Waals surface area contributed by atoms with Crippen LogP contribution in [0.1, 0.15) is 5.56 Å². The zero-order valence-corrected chi connectivity index (χ0v) is 13.0. The van der Waals surface area contributed by atoms with Gasteiger partial charge in [-0.15, -0.1) is 0 Å². The molecule has 0 atom stereocenters. The monoisotopic (exact) mass is 331 g/mol. The van der Waals surface area contributed by atoms with Crippen LogP contribution in [0.25, 0.3) is 0 Å². The van der Waals surface area contributed by atoms with E-state index in [1.165, 1.54) is 11.3 Å². The van der Waals surface area contributed by atoms with Crippen LogP contribution in [0.5, 0.6) is 0 Å². The molecule has 3 nitrogen and oxygen atoms in total. The fourth-order valence-electron chi connectivity index (χ4n) is 2.57. The van der Waals surface area contributed by atoms with E-state index in [1.807, 2.05) is 12.4 Å². The normalized spacial score (nSPS) is 16.4. The largest absolute Gasteiger partial charge is 0.369 e. The lowest BCUT2D eigenvalue weighted by atomic mass is 10.2. The van der Waals surface area contributed by atoms with E-state index in [-0.39, 0.29) is 0 Å². The molecule has 1 fully saturated rings. The Labute approximate surface area is 128 Å². The van der Waals surface area contributed by atoms with Crippen LogP contribution in [0.2, 0.25) is 0 Å². The molecule has 0 N–H and O–H groups in total. The van der Waals surface area contributed by atoms with E-state index in [0.717, 1.165) is 37.2 Å². The highest BCUT2D eigenvalue weighted by Crippen LogP contribution is 2.17. The highest BCUT2D eigenvalue weighted by atomic mass is 79.9. The molecule has 104 valence electrons. The van der Waals surface area contributed by atoms with Crippen LogP contribution >= 0.6 is 15.9 Å². The van der Waals surface area contributed by atoms with Crippen LogP contribution in [0, 0.1) is 0 Å². The van der Waals surface area contributed by atoms with Crippen molar-refractivity contribution in [3.05, 3.63) is 58.8 Å². The molecule has 0 spiro atoms. The molecule has 0 radical (unpaired) electrons. The van der Waals surface area contributed by atoms with Crippen molar-refractivity contribution in [3.63, 3.8) is 0 Å². The van der Waals surface area contributed by atoms with Gasteiger partial charge >= 0.3 is 0 Å². The van der Waals surface area contributed by atoms with Gasteiger partial charge in [-0.25, -0.2) is 0 Å². The van der Waals surface area contributed by atoms with Gasteiger partial charge in [0.15, 0.2) is 0 Å². The Balaban J connectivity index is 1.55. The lowest BCUT2D eigenvalue weighted by molar-refractivity contribution is 0.250. The quantitative estimate of drug-likeness (QED) is 0.861. The van der Waals surface area contributed by atoms with E-state index < -0.39 is 0 Å². The lowest BCUT2D eigenvalue weighted by Gasteiger charge is -2.36. The van der Waals surface area contributed by atoms with Crippen molar-refractivity contribution in [1.29, 1.82) is 0 Å². The Hall–Kier alpha value is -1.39. The molecule has 1 aromatic carbocycles. The highest BCUT2D eigenvalue weighted by molar-refractivity contribution is 9.10. The number of pyridine rings is 1.